The lowest BCUT2D eigenvalue weighted by Gasteiger charge is -2.37. The summed E-state index contributed by atoms with van der Waals surface area (Å²) in [7, 11) is 0. The Bertz CT molecular complexity index is 2160. The molecule has 9 rings (SSSR count). The van der Waals surface area contributed by atoms with E-state index < -0.39 is 11.0 Å². The highest BCUT2D eigenvalue weighted by atomic mass is 16.6. The molecule has 6 aromatic rings. The van der Waals surface area contributed by atoms with Crippen LogP contribution < -0.4 is 9.80 Å². The summed E-state index contributed by atoms with van der Waals surface area (Å²) in [5.74, 6) is 0.935. The van der Waals surface area contributed by atoms with E-state index in [1.807, 2.05) is 53.4 Å². The normalized spacial score (nSPS) is 18.9. The van der Waals surface area contributed by atoms with Crippen molar-refractivity contribution in [2.24, 2.45) is 5.41 Å². The third kappa shape index (κ3) is 5.80. The minimum atomic E-state index is -0.802. The maximum Gasteiger partial charge on any atom is 0.410 e. The van der Waals surface area contributed by atoms with E-state index >= 15 is 0 Å². The molecule has 4 heterocycles. The Morgan fingerprint density at radius 2 is 1.30 bits per heavy atom. The van der Waals surface area contributed by atoms with Gasteiger partial charge < -0.3 is 24.2 Å². The van der Waals surface area contributed by atoms with Gasteiger partial charge in [-0.1, -0.05) is 121 Å². The van der Waals surface area contributed by atoms with E-state index in [0.717, 1.165) is 44.7 Å². The summed E-state index contributed by atoms with van der Waals surface area (Å²) < 4.78 is 13.6. The van der Waals surface area contributed by atoms with E-state index in [1.54, 1.807) is 4.90 Å². The van der Waals surface area contributed by atoms with E-state index in [1.165, 1.54) is 0 Å². The fraction of sp³-hybridized carbons (Fsp3) is 0.267. The highest BCUT2D eigenvalue weighted by molar-refractivity contribution is 6.03. The van der Waals surface area contributed by atoms with Gasteiger partial charge in [0.1, 0.15) is 12.1 Å². The monoisotopic (exact) mass is 717 g/mol. The van der Waals surface area contributed by atoms with Crippen LogP contribution in [0.5, 0.6) is 0 Å². The maximum absolute atomic E-state index is 14.4. The number of anilines is 2. The van der Waals surface area contributed by atoms with Gasteiger partial charge in [0.2, 0.25) is 5.91 Å². The number of amides is 2. The van der Waals surface area contributed by atoms with Crippen LogP contribution in [-0.4, -0.2) is 72.6 Å². The van der Waals surface area contributed by atoms with E-state index in [0.29, 0.717) is 58.8 Å². The molecular formula is C45H43N5O4. The van der Waals surface area contributed by atoms with E-state index in [-0.39, 0.29) is 18.6 Å². The standard InChI is InChI=1S/C45H43N5O4/c51-42-44(23-25-48(33-44)43(52)54-32-34-13-5-1-6-14-34)24-26-49(42)38-21-22-40-39(31-38)41(47-27-29-53-30-28-47)46-50(40)45(35-15-7-2-8-16-35,36-17-9-3-10-18-36)37-19-11-4-12-20-37/h1-22,31H,23-30,32-33H2. The molecule has 0 bridgehead atoms. The Kier molecular flexibility index (Phi) is 8.87. The Labute approximate surface area is 315 Å². The minimum Gasteiger partial charge on any atom is -0.445 e. The fourth-order valence-electron chi connectivity index (χ4n) is 8.71. The third-order valence-electron chi connectivity index (χ3n) is 11.5. The molecule has 54 heavy (non-hydrogen) atoms. The molecule has 0 radical (unpaired) electrons. The molecule has 5 aromatic carbocycles. The second kappa shape index (κ2) is 14.1. The third-order valence-corrected chi connectivity index (χ3v) is 11.5. The van der Waals surface area contributed by atoms with Crippen LogP contribution in [0, 0.1) is 5.41 Å². The second-order valence-electron chi connectivity index (χ2n) is 14.5. The highest BCUT2D eigenvalue weighted by Crippen LogP contribution is 2.46. The molecule has 0 saturated carbocycles. The van der Waals surface area contributed by atoms with Crippen molar-refractivity contribution in [1.29, 1.82) is 0 Å². The lowest BCUT2D eigenvalue weighted by atomic mass is 9.77. The Balaban J connectivity index is 1.11. The minimum absolute atomic E-state index is 0.0627. The molecule has 3 fully saturated rings. The summed E-state index contributed by atoms with van der Waals surface area (Å²) >= 11 is 0. The van der Waals surface area contributed by atoms with Crippen molar-refractivity contribution in [2.75, 3.05) is 55.7 Å². The Morgan fingerprint density at radius 1 is 0.722 bits per heavy atom. The largest absolute Gasteiger partial charge is 0.445 e. The molecule has 0 aliphatic carbocycles. The van der Waals surface area contributed by atoms with Crippen molar-refractivity contribution in [3.8, 4) is 0 Å². The number of benzene rings is 5. The number of morpholine rings is 1. The summed E-state index contributed by atoms with van der Waals surface area (Å²) in [6, 6.07) is 47.8. The fourth-order valence-corrected chi connectivity index (χ4v) is 8.71. The Morgan fingerprint density at radius 3 is 1.91 bits per heavy atom. The summed E-state index contributed by atoms with van der Waals surface area (Å²) in [5.41, 5.74) is 4.59. The van der Waals surface area contributed by atoms with Gasteiger partial charge in [-0.2, -0.15) is 5.10 Å². The van der Waals surface area contributed by atoms with Crippen molar-refractivity contribution in [3.05, 3.63) is 162 Å². The average molecular weight is 718 g/mol. The van der Waals surface area contributed by atoms with Gasteiger partial charge in [-0.15, -0.1) is 0 Å². The molecular weight excluding hydrogens is 675 g/mol. The number of carbonyl (C=O) groups is 2. The first-order chi connectivity index (χ1) is 26.6. The number of fused-ring (bicyclic) bond motifs is 1. The smallest absolute Gasteiger partial charge is 0.410 e. The van der Waals surface area contributed by atoms with E-state index in [4.69, 9.17) is 14.6 Å². The van der Waals surface area contributed by atoms with Crippen molar-refractivity contribution >= 4 is 34.4 Å². The molecule has 9 nitrogen and oxygen atoms in total. The predicted octanol–water partition coefficient (Wildman–Crippen LogP) is 7.48. The number of ether oxygens (including phenoxy) is 2. The molecule has 2 amide bonds. The number of rotatable bonds is 8. The molecule has 1 aromatic heterocycles. The first kappa shape index (κ1) is 33.9. The van der Waals surface area contributed by atoms with Gasteiger partial charge in [0.25, 0.3) is 0 Å². The number of likely N-dealkylation sites (tertiary alicyclic amines) is 1. The molecule has 3 saturated heterocycles. The predicted molar refractivity (Wildman–Crippen MR) is 210 cm³/mol. The van der Waals surface area contributed by atoms with Crippen LogP contribution >= 0.6 is 0 Å². The lowest BCUT2D eigenvalue weighted by molar-refractivity contribution is -0.124. The van der Waals surface area contributed by atoms with Crippen molar-refractivity contribution in [1.82, 2.24) is 14.7 Å². The van der Waals surface area contributed by atoms with Crippen LogP contribution in [0.15, 0.2) is 140 Å². The van der Waals surface area contributed by atoms with Crippen LogP contribution in [0.1, 0.15) is 35.1 Å². The van der Waals surface area contributed by atoms with Crippen molar-refractivity contribution in [2.45, 2.75) is 25.0 Å². The van der Waals surface area contributed by atoms with Gasteiger partial charge in [0, 0.05) is 43.8 Å². The van der Waals surface area contributed by atoms with Crippen LogP contribution in [0.3, 0.4) is 0 Å². The summed E-state index contributed by atoms with van der Waals surface area (Å²) in [5, 5.41) is 6.55. The van der Waals surface area contributed by atoms with Crippen molar-refractivity contribution < 1.29 is 19.1 Å². The second-order valence-corrected chi connectivity index (χ2v) is 14.5. The first-order valence-electron chi connectivity index (χ1n) is 18.9. The number of aromatic nitrogens is 2. The van der Waals surface area contributed by atoms with Crippen LogP contribution in [0.2, 0.25) is 0 Å². The van der Waals surface area contributed by atoms with Gasteiger partial charge in [0.15, 0.2) is 5.82 Å². The zero-order valence-electron chi connectivity index (χ0n) is 30.2. The quantitative estimate of drug-likeness (QED) is 0.152. The van der Waals surface area contributed by atoms with Gasteiger partial charge in [-0.25, -0.2) is 9.48 Å². The lowest BCUT2D eigenvalue weighted by Crippen LogP contribution is -2.40. The van der Waals surface area contributed by atoms with Gasteiger partial charge in [-0.3, -0.25) is 4.79 Å². The summed E-state index contributed by atoms with van der Waals surface area (Å²) in [4.78, 5) is 33.4. The molecule has 9 heteroatoms. The van der Waals surface area contributed by atoms with Crippen molar-refractivity contribution in [3.63, 3.8) is 0 Å². The zero-order chi connectivity index (χ0) is 36.5. The SMILES string of the molecule is O=C(OCc1ccccc1)N1CCC2(CCN(c3ccc4c(c3)c(N3CCOCC3)nn4C(c3ccccc3)(c3ccccc3)c3ccccc3)C2=O)C1. The maximum atomic E-state index is 14.4. The summed E-state index contributed by atoms with van der Waals surface area (Å²) in [6.45, 7) is 4.33. The van der Waals surface area contributed by atoms with Gasteiger partial charge >= 0.3 is 6.09 Å². The van der Waals surface area contributed by atoms with Gasteiger partial charge in [-0.05, 0) is 53.3 Å². The number of hydrogen-bond donors (Lipinski definition) is 0. The summed E-state index contributed by atoms with van der Waals surface area (Å²) in [6.07, 6.45) is 0.932. The van der Waals surface area contributed by atoms with Crippen LogP contribution in [0.25, 0.3) is 10.9 Å². The molecule has 1 spiro atoms. The number of nitrogens with zero attached hydrogens (tertiary/aromatic N) is 5. The highest BCUT2D eigenvalue weighted by Gasteiger charge is 2.52. The molecule has 1 unspecified atom stereocenters. The van der Waals surface area contributed by atoms with Crippen LogP contribution in [0.4, 0.5) is 16.3 Å². The first-order valence-corrected chi connectivity index (χ1v) is 18.9. The number of hydrogen-bond acceptors (Lipinski definition) is 6. The topological polar surface area (TPSA) is 80.1 Å². The Hall–Kier alpha value is -5.93. The molecule has 272 valence electrons. The van der Waals surface area contributed by atoms with Gasteiger partial charge in [0.05, 0.1) is 24.1 Å². The van der Waals surface area contributed by atoms with Crippen LogP contribution in [-0.2, 0) is 26.4 Å². The average Bonchev–Trinajstić information content (AvgIpc) is 3.95. The molecule has 3 aliphatic heterocycles. The molecule has 0 N–H and O–H groups in total. The number of carbonyl (C=O) groups excluding carboxylic acids is 2. The molecule has 3 aliphatic rings. The zero-order valence-corrected chi connectivity index (χ0v) is 30.2. The van der Waals surface area contributed by atoms with E-state index in [2.05, 4.69) is 101 Å². The van der Waals surface area contributed by atoms with E-state index in [9.17, 15) is 9.59 Å². The molecule has 1 atom stereocenters.